The Labute approximate surface area is 225 Å². The largest absolute Gasteiger partial charge is 0.465 e. The van der Waals surface area contributed by atoms with Crippen molar-refractivity contribution in [3.63, 3.8) is 0 Å². The van der Waals surface area contributed by atoms with E-state index in [1.807, 2.05) is 20.8 Å². The predicted molar refractivity (Wildman–Crippen MR) is 145 cm³/mol. The molecule has 1 heterocycles. The summed E-state index contributed by atoms with van der Waals surface area (Å²) in [6, 6.07) is 15.1. The maximum absolute atomic E-state index is 14.0. The molecule has 0 aliphatic heterocycles. The summed E-state index contributed by atoms with van der Waals surface area (Å²) in [5.74, 6) is -1.45. The van der Waals surface area contributed by atoms with Gasteiger partial charge in [-0.15, -0.1) is 0 Å². The summed E-state index contributed by atoms with van der Waals surface area (Å²) in [6.45, 7) is 7.51. The van der Waals surface area contributed by atoms with Crippen LogP contribution in [-0.4, -0.2) is 32.3 Å². The highest BCUT2D eigenvalue weighted by atomic mass is 32.2. The van der Waals surface area contributed by atoms with Gasteiger partial charge in [0.05, 0.1) is 22.6 Å². The van der Waals surface area contributed by atoms with Crippen LogP contribution in [0.5, 0.6) is 0 Å². The Morgan fingerprint density at radius 3 is 2.26 bits per heavy atom. The molecule has 0 aliphatic carbocycles. The third-order valence-corrected chi connectivity index (χ3v) is 7.94. The first-order chi connectivity index (χ1) is 18.3. The highest BCUT2D eigenvalue weighted by Gasteiger charge is 2.34. The molecule has 4 rings (SSSR count). The van der Waals surface area contributed by atoms with Crippen molar-refractivity contribution in [2.45, 2.75) is 38.0 Å². The smallest absolute Gasteiger partial charge is 0.342 e. The molecule has 0 saturated heterocycles. The minimum atomic E-state index is -4.53. The number of furan rings is 1. The van der Waals surface area contributed by atoms with E-state index in [1.165, 1.54) is 55.6 Å². The summed E-state index contributed by atoms with van der Waals surface area (Å²) in [5, 5.41) is 11.6. The monoisotopic (exact) mass is 550 g/mol. The van der Waals surface area contributed by atoms with Gasteiger partial charge in [0.1, 0.15) is 16.9 Å². The summed E-state index contributed by atoms with van der Waals surface area (Å²) < 4.78 is 39.1. The van der Waals surface area contributed by atoms with Gasteiger partial charge in [0.15, 0.2) is 0 Å². The van der Waals surface area contributed by atoms with Crippen molar-refractivity contribution in [2.24, 2.45) is 0 Å². The third kappa shape index (κ3) is 5.13. The van der Waals surface area contributed by atoms with Crippen LogP contribution in [0.15, 0.2) is 76.0 Å². The molecule has 0 bridgehead atoms. The summed E-state index contributed by atoms with van der Waals surface area (Å²) in [6.07, 6.45) is 0. The molecule has 10 nitrogen and oxygen atoms in total. The van der Waals surface area contributed by atoms with Crippen LogP contribution in [0.25, 0.3) is 11.0 Å². The van der Waals surface area contributed by atoms with Gasteiger partial charge in [-0.25, -0.2) is 13.2 Å². The number of carbonyl (C=O) groups excluding carboxylic acids is 2. The van der Waals surface area contributed by atoms with Gasteiger partial charge in [0, 0.05) is 23.1 Å². The number of sulfonamides is 1. The Morgan fingerprint density at radius 2 is 1.67 bits per heavy atom. The third-order valence-electron chi connectivity index (χ3n) is 6.22. The topological polar surface area (TPSA) is 137 Å². The number of esters is 1. The Hall–Kier alpha value is -4.51. The van der Waals surface area contributed by atoms with Gasteiger partial charge in [0.2, 0.25) is 0 Å². The fourth-order valence-electron chi connectivity index (χ4n) is 4.16. The molecule has 11 heteroatoms. The molecule has 1 aromatic heterocycles. The Kier molecular flexibility index (Phi) is 7.05. The molecular formula is C28H26N2O8S. The number of non-ortho nitro benzene ring substituents is 1. The van der Waals surface area contributed by atoms with Crippen LogP contribution in [0, 0.1) is 17.0 Å². The van der Waals surface area contributed by atoms with Gasteiger partial charge in [-0.1, -0.05) is 39.0 Å². The number of nitrogens with zero attached hydrogens (tertiary/aromatic N) is 2. The normalized spacial score (nSPS) is 11.8. The van der Waals surface area contributed by atoms with Crippen molar-refractivity contribution < 1.29 is 32.1 Å². The van der Waals surface area contributed by atoms with Gasteiger partial charge >= 0.3 is 5.97 Å². The lowest BCUT2D eigenvalue weighted by Gasteiger charge is -2.24. The average Bonchev–Trinajstić information content (AvgIpc) is 3.22. The van der Waals surface area contributed by atoms with E-state index in [0.29, 0.717) is 4.31 Å². The van der Waals surface area contributed by atoms with Crippen molar-refractivity contribution in [1.82, 2.24) is 0 Å². The number of methoxy groups -OCH3 is 1. The number of amides is 1. The van der Waals surface area contributed by atoms with E-state index < -0.39 is 26.8 Å². The number of nitro benzene ring substituents is 1. The van der Waals surface area contributed by atoms with Crippen LogP contribution in [0.2, 0.25) is 0 Å². The van der Waals surface area contributed by atoms with Gasteiger partial charge in [-0.2, -0.15) is 4.31 Å². The number of aryl methyl sites for hydroxylation is 1. The summed E-state index contributed by atoms with van der Waals surface area (Å²) in [4.78, 5) is 36.7. The molecule has 0 N–H and O–H groups in total. The molecule has 39 heavy (non-hydrogen) atoms. The van der Waals surface area contributed by atoms with E-state index in [4.69, 9.17) is 9.15 Å². The van der Waals surface area contributed by atoms with Crippen molar-refractivity contribution in [3.05, 3.63) is 99.3 Å². The van der Waals surface area contributed by atoms with Crippen molar-refractivity contribution in [3.8, 4) is 0 Å². The number of fused-ring (bicyclic) bond motifs is 1. The lowest BCUT2D eigenvalue weighted by Crippen LogP contribution is -2.37. The number of anilines is 1. The molecule has 0 aliphatic rings. The van der Waals surface area contributed by atoms with E-state index in [-0.39, 0.29) is 49.5 Å². The van der Waals surface area contributed by atoms with Crippen LogP contribution in [0.3, 0.4) is 0 Å². The number of hydrogen-bond acceptors (Lipinski definition) is 8. The maximum atomic E-state index is 14.0. The van der Waals surface area contributed by atoms with Crippen molar-refractivity contribution in [2.75, 3.05) is 11.4 Å². The number of nitro groups is 1. The molecule has 1 amide bonds. The zero-order valence-corrected chi connectivity index (χ0v) is 22.7. The van der Waals surface area contributed by atoms with E-state index >= 15 is 0 Å². The van der Waals surface area contributed by atoms with Crippen molar-refractivity contribution >= 4 is 44.2 Å². The Balaban J connectivity index is 1.94. The van der Waals surface area contributed by atoms with Crippen LogP contribution in [0.4, 0.5) is 11.4 Å². The van der Waals surface area contributed by atoms with E-state index in [1.54, 1.807) is 19.1 Å². The van der Waals surface area contributed by atoms with Crippen LogP contribution >= 0.6 is 0 Å². The first kappa shape index (κ1) is 27.5. The Bertz CT molecular complexity index is 1710. The first-order valence-electron chi connectivity index (χ1n) is 11.8. The fourth-order valence-corrected chi connectivity index (χ4v) is 5.56. The average molecular weight is 551 g/mol. The molecule has 0 spiro atoms. The summed E-state index contributed by atoms with van der Waals surface area (Å²) in [7, 11) is -3.33. The number of ether oxygens (including phenoxy) is 1. The second-order valence-corrected chi connectivity index (χ2v) is 11.6. The number of carbonyl (C=O) groups is 2. The van der Waals surface area contributed by atoms with Crippen LogP contribution in [-0.2, 0) is 20.2 Å². The van der Waals surface area contributed by atoms with E-state index in [0.717, 1.165) is 11.6 Å². The maximum Gasteiger partial charge on any atom is 0.342 e. The first-order valence-corrected chi connectivity index (χ1v) is 13.3. The molecular weight excluding hydrogens is 524 g/mol. The van der Waals surface area contributed by atoms with Gasteiger partial charge in [-0.3, -0.25) is 14.9 Å². The standard InChI is InChI=1S/C28H26N2O8S/c1-17-25(27(32)37-5)23-16-20(11-14-24(23)38-17)29(26(31)18-7-6-8-21(15-18)30(33)34)39(35,36)22-12-9-19(10-13-22)28(2,3)4/h6-16H,1-5H3. The summed E-state index contributed by atoms with van der Waals surface area (Å²) in [5.41, 5.74) is 0.337. The van der Waals surface area contributed by atoms with Gasteiger partial charge in [-0.05, 0) is 54.3 Å². The number of hydrogen-bond donors (Lipinski definition) is 0. The molecule has 0 radical (unpaired) electrons. The van der Waals surface area contributed by atoms with Gasteiger partial charge < -0.3 is 9.15 Å². The zero-order valence-electron chi connectivity index (χ0n) is 21.9. The van der Waals surface area contributed by atoms with Gasteiger partial charge in [0.25, 0.3) is 21.6 Å². The highest BCUT2D eigenvalue weighted by Crippen LogP contribution is 2.34. The summed E-state index contributed by atoms with van der Waals surface area (Å²) >= 11 is 0. The van der Waals surface area contributed by atoms with E-state index in [9.17, 15) is 28.1 Å². The van der Waals surface area contributed by atoms with Crippen LogP contribution in [0.1, 0.15) is 52.8 Å². The lowest BCUT2D eigenvalue weighted by atomic mass is 9.87. The van der Waals surface area contributed by atoms with Crippen LogP contribution < -0.4 is 4.31 Å². The zero-order chi connectivity index (χ0) is 28.7. The second kappa shape index (κ2) is 9.99. The molecule has 0 fully saturated rings. The molecule has 202 valence electrons. The predicted octanol–water partition coefficient (Wildman–Crippen LogP) is 5.77. The van der Waals surface area contributed by atoms with Crippen molar-refractivity contribution in [1.29, 1.82) is 0 Å². The fraction of sp³-hybridized carbons (Fsp3) is 0.214. The minimum Gasteiger partial charge on any atom is -0.465 e. The highest BCUT2D eigenvalue weighted by molar-refractivity contribution is 7.93. The van der Waals surface area contributed by atoms with E-state index in [2.05, 4.69) is 0 Å². The molecule has 0 atom stereocenters. The SMILES string of the molecule is COC(=O)c1c(C)oc2ccc(N(C(=O)c3cccc([N+](=O)[O-])c3)S(=O)(=O)c3ccc(C(C)(C)C)cc3)cc12. The number of rotatable bonds is 6. The molecule has 3 aromatic carbocycles. The number of benzene rings is 3. The quantitative estimate of drug-likeness (QED) is 0.168. The minimum absolute atomic E-state index is 0.0871. The molecule has 4 aromatic rings. The second-order valence-electron chi connectivity index (χ2n) is 9.86. The molecule has 0 unspecified atom stereocenters. The Morgan fingerprint density at radius 1 is 1.00 bits per heavy atom. The molecule has 0 saturated carbocycles. The lowest BCUT2D eigenvalue weighted by molar-refractivity contribution is -0.384.